The van der Waals surface area contributed by atoms with Gasteiger partial charge < -0.3 is 5.32 Å². The highest BCUT2D eigenvalue weighted by atomic mass is 35.5. The molecule has 0 spiro atoms. The van der Waals surface area contributed by atoms with Gasteiger partial charge in [0.1, 0.15) is 11.6 Å². The zero-order chi connectivity index (χ0) is 24.2. The van der Waals surface area contributed by atoms with Crippen LogP contribution in [0.4, 0.5) is 8.78 Å². The minimum absolute atomic E-state index is 0.0675. The highest BCUT2D eigenvalue weighted by Gasteiger charge is 2.17. The Labute approximate surface area is 207 Å². The lowest BCUT2D eigenvalue weighted by molar-refractivity contribution is -0.118. The van der Waals surface area contributed by atoms with Crippen molar-refractivity contribution >= 4 is 51.8 Å². The topological polar surface area (TPSA) is 64.0 Å². The Morgan fingerprint density at radius 2 is 1.85 bits per heavy atom. The summed E-state index contributed by atoms with van der Waals surface area (Å²) in [7, 11) is 0. The first-order chi connectivity index (χ1) is 16.3. The maximum absolute atomic E-state index is 14.5. The van der Waals surface area contributed by atoms with Gasteiger partial charge in [-0.15, -0.1) is 0 Å². The van der Waals surface area contributed by atoms with E-state index in [1.54, 1.807) is 42.5 Å². The number of hydrogen-bond acceptors (Lipinski definition) is 4. The summed E-state index contributed by atoms with van der Waals surface area (Å²) in [5.74, 6) is -2.05. The molecule has 1 N–H and O–H groups in total. The van der Waals surface area contributed by atoms with Crippen molar-refractivity contribution in [2.45, 2.75) is 11.6 Å². The predicted molar refractivity (Wildman–Crippen MR) is 131 cm³/mol. The van der Waals surface area contributed by atoms with Crippen LogP contribution in [0.5, 0.6) is 0 Å². The van der Waals surface area contributed by atoms with E-state index in [0.29, 0.717) is 34.6 Å². The monoisotopic (exact) mass is 519 g/mol. The Morgan fingerprint density at radius 1 is 1.06 bits per heavy atom. The van der Waals surface area contributed by atoms with E-state index in [0.717, 1.165) is 28.0 Å². The summed E-state index contributed by atoms with van der Waals surface area (Å²) >= 11 is 13.0. The van der Waals surface area contributed by atoms with Crippen LogP contribution in [-0.4, -0.2) is 27.8 Å². The maximum Gasteiger partial charge on any atom is 0.266 e. The summed E-state index contributed by atoms with van der Waals surface area (Å²) in [6.07, 6.45) is 0.506. The minimum Gasteiger partial charge on any atom is -0.355 e. The van der Waals surface area contributed by atoms with Crippen molar-refractivity contribution in [2.24, 2.45) is 0 Å². The van der Waals surface area contributed by atoms with Gasteiger partial charge in [-0.1, -0.05) is 53.2 Å². The van der Waals surface area contributed by atoms with Gasteiger partial charge in [-0.25, -0.2) is 13.8 Å². The normalized spacial score (nSPS) is 11.1. The zero-order valence-electron chi connectivity index (χ0n) is 17.5. The quantitative estimate of drug-likeness (QED) is 0.261. The molecule has 0 saturated heterocycles. The number of aromatic nitrogens is 2. The molecule has 174 valence electrons. The average Bonchev–Trinajstić information content (AvgIpc) is 2.80. The maximum atomic E-state index is 14.5. The molecule has 10 heteroatoms. The molecule has 5 nitrogen and oxygen atoms in total. The zero-order valence-corrected chi connectivity index (χ0v) is 19.9. The van der Waals surface area contributed by atoms with Crippen molar-refractivity contribution in [3.05, 3.63) is 98.3 Å². The number of hydrogen-bond donors (Lipinski definition) is 1. The van der Waals surface area contributed by atoms with Crippen LogP contribution in [0.1, 0.15) is 5.56 Å². The number of amides is 1. The largest absolute Gasteiger partial charge is 0.355 e. The van der Waals surface area contributed by atoms with Gasteiger partial charge in [0.15, 0.2) is 5.16 Å². The van der Waals surface area contributed by atoms with Crippen molar-refractivity contribution in [1.82, 2.24) is 14.9 Å². The summed E-state index contributed by atoms with van der Waals surface area (Å²) in [5.41, 5.74) is 0.587. The van der Waals surface area contributed by atoms with Crippen molar-refractivity contribution in [3.63, 3.8) is 0 Å². The second kappa shape index (κ2) is 10.5. The van der Waals surface area contributed by atoms with Gasteiger partial charge in [0.2, 0.25) is 5.91 Å². The number of nitrogens with one attached hydrogen (secondary N) is 1. The molecule has 0 unspecified atom stereocenters. The first-order valence-corrected chi connectivity index (χ1v) is 11.9. The fraction of sp³-hybridized carbons (Fsp3) is 0.125. The van der Waals surface area contributed by atoms with Gasteiger partial charge in [-0.2, -0.15) is 0 Å². The number of halogens is 4. The van der Waals surface area contributed by atoms with Gasteiger partial charge in [-0.05, 0) is 48.4 Å². The third kappa shape index (κ3) is 5.41. The predicted octanol–water partition coefficient (Wildman–Crippen LogP) is 5.42. The molecule has 4 rings (SSSR count). The lowest BCUT2D eigenvalue weighted by Crippen LogP contribution is -2.28. The van der Waals surface area contributed by atoms with Gasteiger partial charge in [0.05, 0.1) is 22.3 Å². The van der Waals surface area contributed by atoms with Crippen molar-refractivity contribution in [1.29, 1.82) is 0 Å². The third-order valence-corrected chi connectivity index (χ3v) is 6.49. The van der Waals surface area contributed by atoms with Crippen LogP contribution in [0.3, 0.4) is 0 Å². The van der Waals surface area contributed by atoms with Crippen molar-refractivity contribution in [2.75, 3.05) is 12.3 Å². The van der Waals surface area contributed by atoms with Crippen LogP contribution in [-0.2, 0) is 11.2 Å². The Hall–Kier alpha value is -2.94. The molecule has 0 atom stereocenters. The standard InChI is InChI=1S/C24H17Cl2F2N3O2S/c25-15-6-5-14(18(26)11-15)9-10-29-22(32)13-34-24-30-20-4-2-1-3-17(20)23(33)31(24)21-8-7-16(27)12-19(21)28/h1-8,11-12H,9-10,13H2,(H,29,32). The highest BCUT2D eigenvalue weighted by molar-refractivity contribution is 7.99. The lowest BCUT2D eigenvalue weighted by Gasteiger charge is -2.14. The number of para-hydroxylation sites is 1. The lowest BCUT2D eigenvalue weighted by atomic mass is 10.1. The second-order valence-corrected chi connectivity index (χ2v) is 9.06. The Bertz CT molecular complexity index is 1450. The summed E-state index contributed by atoms with van der Waals surface area (Å²) in [5, 5.41) is 4.22. The van der Waals surface area contributed by atoms with Crippen LogP contribution < -0.4 is 10.9 Å². The molecule has 0 fully saturated rings. The molecule has 1 aromatic heterocycles. The van der Waals surface area contributed by atoms with E-state index >= 15 is 0 Å². The van der Waals surface area contributed by atoms with Gasteiger partial charge >= 0.3 is 0 Å². The molecule has 0 aliphatic rings. The van der Waals surface area contributed by atoms with Gasteiger partial charge in [0.25, 0.3) is 5.56 Å². The van der Waals surface area contributed by atoms with E-state index in [2.05, 4.69) is 10.3 Å². The van der Waals surface area contributed by atoms with E-state index in [-0.39, 0.29) is 27.9 Å². The molecule has 0 radical (unpaired) electrons. The third-order valence-electron chi connectivity index (χ3n) is 4.96. The van der Waals surface area contributed by atoms with E-state index in [4.69, 9.17) is 23.2 Å². The highest BCUT2D eigenvalue weighted by Crippen LogP contribution is 2.24. The molecular weight excluding hydrogens is 503 g/mol. The Kier molecular flexibility index (Phi) is 7.50. The number of rotatable bonds is 7. The van der Waals surface area contributed by atoms with Gasteiger partial charge in [0, 0.05) is 22.7 Å². The molecule has 0 saturated carbocycles. The molecule has 1 heterocycles. The summed E-state index contributed by atoms with van der Waals surface area (Å²) in [6.45, 7) is 0.339. The van der Waals surface area contributed by atoms with E-state index in [1.807, 2.05) is 0 Å². The fourth-order valence-corrected chi connectivity index (χ4v) is 4.66. The first-order valence-electron chi connectivity index (χ1n) is 10.1. The molecule has 0 bridgehead atoms. The van der Waals surface area contributed by atoms with Crippen LogP contribution in [0.15, 0.2) is 70.6 Å². The van der Waals surface area contributed by atoms with E-state index in [9.17, 15) is 18.4 Å². The first kappa shape index (κ1) is 24.2. The van der Waals surface area contributed by atoms with Gasteiger partial charge in [-0.3, -0.25) is 14.2 Å². The number of fused-ring (bicyclic) bond motifs is 1. The molecule has 0 aliphatic carbocycles. The van der Waals surface area contributed by atoms with E-state index in [1.165, 1.54) is 6.07 Å². The summed E-state index contributed by atoms with van der Waals surface area (Å²) in [4.78, 5) is 30.0. The smallest absolute Gasteiger partial charge is 0.266 e. The number of carbonyl (C=O) groups is 1. The molecule has 1 amide bonds. The molecular formula is C24H17Cl2F2N3O2S. The minimum atomic E-state index is -0.912. The number of carbonyl (C=O) groups excluding carboxylic acids is 1. The molecule has 3 aromatic carbocycles. The van der Waals surface area contributed by atoms with Crippen LogP contribution in [0.2, 0.25) is 10.0 Å². The van der Waals surface area contributed by atoms with Crippen LogP contribution >= 0.6 is 35.0 Å². The summed E-state index contributed by atoms with van der Waals surface area (Å²) in [6, 6.07) is 14.7. The fourth-order valence-electron chi connectivity index (χ4n) is 3.33. The molecule has 0 aliphatic heterocycles. The van der Waals surface area contributed by atoms with Crippen molar-refractivity contribution in [3.8, 4) is 5.69 Å². The molecule has 4 aromatic rings. The Morgan fingerprint density at radius 3 is 2.62 bits per heavy atom. The van der Waals surface area contributed by atoms with Crippen LogP contribution in [0, 0.1) is 11.6 Å². The SMILES string of the molecule is O=C(CSc1nc2ccccc2c(=O)n1-c1ccc(F)cc1F)NCCc1ccc(Cl)cc1Cl. The van der Waals surface area contributed by atoms with E-state index < -0.39 is 17.2 Å². The molecule has 34 heavy (non-hydrogen) atoms. The van der Waals surface area contributed by atoms with Crippen molar-refractivity contribution < 1.29 is 13.6 Å². The second-order valence-electron chi connectivity index (χ2n) is 7.27. The number of benzene rings is 3. The number of thioether (sulfide) groups is 1. The summed E-state index contributed by atoms with van der Waals surface area (Å²) < 4.78 is 29.0. The Balaban J connectivity index is 1.54. The van der Waals surface area contributed by atoms with Crippen LogP contribution in [0.25, 0.3) is 16.6 Å². The average molecular weight is 520 g/mol. The number of nitrogens with zero attached hydrogens (tertiary/aromatic N) is 2.